The van der Waals surface area contributed by atoms with E-state index in [1.165, 1.54) is 0 Å². The Balaban J connectivity index is 1.67. The summed E-state index contributed by atoms with van der Waals surface area (Å²) in [4.78, 5) is 0. The zero-order chi connectivity index (χ0) is 19.8. The van der Waals surface area contributed by atoms with Crippen molar-refractivity contribution in [3.05, 3.63) is 41.5 Å². The van der Waals surface area contributed by atoms with Gasteiger partial charge >= 0.3 is 0 Å². The van der Waals surface area contributed by atoms with Crippen LogP contribution in [0.2, 0.25) is 0 Å². The summed E-state index contributed by atoms with van der Waals surface area (Å²) < 4.78 is 28.7. The predicted octanol–water partition coefficient (Wildman–Crippen LogP) is 3.20. The summed E-state index contributed by atoms with van der Waals surface area (Å²) in [7, 11) is 4.68. The molecule has 28 heavy (non-hydrogen) atoms. The molecule has 2 aliphatic rings. The zero-order valence-corrected chi connectivity index (χ0v) is 16.0. The van der Waals surface area contributed by atoms with Gasteiger partial charge in [-0.15, -0.1) is 0 Å². The SMILES string of the molecule is COc1cc(O)ccc1[C@@H]1OC[C@@H]2[C@H]1CO[C@H]2c1c(OC)cc(O)cc1OC. The fourth-order valence-corrected chi connectivity index (χ4v) is 4.31. The number of aromatic hydroxyl groups is 2. The Morgan fingerprint density at radius 1 is 0.750 bits per heavy atom. The number of fused-ring (bicyclic) bond motifs is 1. The molecule has 7 nitrogen and oxygen atoms in total. The summed E-state index contributed by atoms with van der Waals surface area (Å²) in [6.45, 7) is 1.02. The highest BCUT2D eigenvalue weighted by Gasteiger charge is 2.50. The van der Waals surface area contributed by atoms with Crippen LogP contribution in [0.25, 0.3) is 0 Å². The van der Waals surface area contributed by atoms with Crippen LogP contribution in [0, 0.1) is 11.8 Å². The Morgan fingerprint density at radius 2 is 1.29 bits per heavy atom. The van der Waals surface area contributed by atoms with E-state index in [4.69, 9.17) is 23.7 Å². The number of phenols is 2. The number of methoxy groups -OCH3 is 3. The molecule has 7 heteroatoms. The molecule has 0 radical (unpaired) electrons. The second-order valence-electron chi connectivity index (χ2n) is 7.03. The maximum atomic E-state index is 9.92. The van der Waals surface area contributed by atoms with Crippen LogP contribution in [-0.4, -0.2) is 44.8 Å². The lowest BCUT2D eigenvalue weighted by Crippen LogP contribution is -2.16. The van der Waals surface area contributed by atoms with Crippen molar-refractivity contribution in [3.63, 3.8) is 0 Å². The second-order valence-corrected chi connectivity index (χ2v) is 7.03. The molecule has 0 unspecified atom stereocenters. The lowest BCUT2D eigenvalue weighted by molar-refractivity contribution is 0.0170. The number of benzene rings is 2. The van der Waals surface area contributed by atoms with E-state index in [1.54, 1.807) is 45.6 Å². The van der Waals surface area contributed by atoms with Crippen molar-refractivity contribution in [3.8, 4) is 28.7 Å². The largest absolute Gasteiger partial charge is 0.508 e. The molecule has 2 aromatic carbocycles. The Hall–Kier alpha value is -2.64. The predicted molar refractivity (Wildman–Crippen MR) is 100 cm³/mol. The Labute approximate surface area is 163 Å². The molecule has 2 aromatic rings. The van der Waals surface area contributed by atoms with Gasteiger partial charge in [-0.05, 0) is 12.1 Å². The molecule has 0 aliphatic carbocycles. The van der Waals surface area contributed by atoms with Gasteiger partial charge in [-0.2, -0.15) is 0 Å². The summed E-state index contributed by atoms with van der Waals surface area (Å²) >= 11 is 0. The quantitative estimate of drug-likeness (QED) is 0.813. The summed E-state index contributed by atoms with van der Waals surface area (Å²) in [6.07, 6.45) is -0.469. The zero-order valence-electron chi connectivity index (χ0n) is 16.0. The minimum Gasteiger partial charge on any atom is -0.508 e. The van der Waals surface area contributed by atoms with Gasteiger partial charge in [0.1, 0.15) is 28.7 Å². The van der Waals surface area contributed by atoms with Crippen LogP contribution < -0.4 is 14.2 Å². The molecule has 0 aromatic heterocycles. The van der Waals surface area contributed by atoms with E-state index in [2.05, 4.69) is 0 Å². The highest BCUT2D eigenvalue weighted by Crippen LogP contribution is 2.55. The molecule has 2 saturated heterocycles. The first-order chi connectivity index (χ1) is 13.6. The monoisotopic (exact) mass is 388 g/mol. The first-order valence-electron chi connectivity index (χ1n) is 9.12. The first kappa shape index (κ1) is 18.7. The van der Waals surface area contributed by atoms with Crippen LogP contribution in [0.4, 0.5) is 0 Å². The van der Waals surface area contributed by atoms with Crippen molar-refractivity contribution in [2.45, 2.75) is 12.2 Å². The van der Waals surface area contributed by atoms with Gasteiger partial charge in [0.15, 0.2) is 0 Å². The third kappa shape index (κ3) is 3.00. The maximum Gasteiger partial charge on any atom is 0.132 e. The Morgan fingerprint density at radius 3 is 1.89 bits per heavy atom. The maximum absolute atomic E-state index is 9.92. The van der Waals surface area contributed by atoms with Crippen LogP contribution in [-0.2, 0) is 9.47 Å². The number of rotatable bonds is 5. The minimum atomic E-state index is -0.274. The molecule has 2 heterocycles. The second kappa shape index (κ2) is 7.41. The van der Waals surface area contributed by atoms with Crippen LogP contribution in [0.5, 0.6) is 28.7 Å². The van der Waals surface area contributed by atoms with Crippen molar-refractivity contribution < 1.29 is 33.9 Å². The normalized spacial score (nSPS) is 26.1. The van der Waals surface area contributed by atoms with E-state index in [-0.39, 0.29) is 35.5 Å². The van der Waals surface area contributed by atoms with Crippen molar-refractivity contribution in [1.29, 1.82) is 0 Å². The molecule has 4 atom stereocenters. The van der Waals surface area contributed by atoms with E-state index in [0.29, 0.717) is 30.5 Å². The number of phenolic OH excluding ortho intramolecular Hbond substituents is 2. The smallest absolute Gasteiger partial charge is 0.132 e. The summed E-state index contributed by atoms with van der Waals surface area (Å²) in [5.74, 6) is 2.06. The van der Waals surface area contributed by atoms with Gasteiger partial charge in [-0.25, -0.2) is 0 Å². The standard InChI is InChI=1S/C21H24O7/c1-24-16-6-11(22)4-5-13(16)20-14-9-28-21(15(14)10-27-20)19-17(25-2)7-12(23)8-18(19)26-3/h4-8,14-15,20-23H,9-10H2,1-3H3/t14-,15-,20+,21-/m1/s1. The Kier molecular flexibility index (Phi) is 4.95. The minimum absolute atomic E-state index is 0.0707. The third-order valence-corrected chi connectivity index (χ3v) is 5.60. The van der Waals surface area contributed by atoms with Crippen molar-refractivity contribution in [2.75, 3.05) is 34.5 Å². The van der Waals surface area contributed by atoms with Gasteiger partial charge in [0.05, 0.1) is 52.3 Å². The number of hydrogen-bond acceptors (Lipinski definition) is 7. The van der Waals surface area contributed by atoms with Crippen LogP contribution in [0.1, 0.15) is 23.3 Å². The van der Waals surface area contributed by atoms with E-state index in [0.717, 1.165) is 11.1 Å². The third-order valence-electron chi connectivity index (χ3n) is 5.60. The van der Waals surface area contributed by atoms with E-state index >= 15 is 0 Å². The number of ether oxygens (including phenoxy) is 5. The lowest BCUT2D eigenvalue weighted by atomic mass is 9.84. The van der Waals surface area contributed by atoms with Crippen LogP contribution >= 0.6 is 0 Å². The molecule has 2 fully saturated rings. The molecule has 0 spiro atoms. The molecular formula is C21H24O7. The average molecular weight is 388 g/mol. The van der Waals surface area contributed by atoms with Crippen LogP contribution in [0.3, 0.4) is 0 Å². The van der Waals surface area contributed by atoms with Crippen molar-refractivity contribution >= 4 is 0 Å². The van der Waals surface area contributed by atoms with Gasteiger partial charge in [-0.1, -0.05) is 0 Å². The van der Waals surface area contributed by atoms with Gasteiger partial charge in [0, 0.05) is 35.6 Å². The van der Waals surface area contributed by atoms with Crippen molar-refractivity contribution in [1.82, 2.24) is 0 Å². The summed E-state index contributed by atoms with van der Waals surface area (Å²) in [5.41, 5.74) is 1.67. The van der Waals surface area contributed by atoms with Gasteiger partial charge in [-0.3, -0.25) is 0 Å². The topological polar surface area (TPSA) is 86.6 Å². The van der Waals surface area contributed by atoms with E-state index in [9.17, 15) is 10.2 Å². The summed E-state index contributed by atoms with van der Waals surface area (Å²) in [6, 6.07) is 8.17. The highest BCUT2D eigenvalue weighted by molar-refractivity contribution is 5.52. The van der Waals surface area contributed by atoms with Gasteiger partial charge in [0.2, 0.25) is 0 Å². The molecule has 2 N–H and O–H groups in total. The molecule has 0 bridgehead atoms. The molecule has 0 saturated carbocycles. The molecule has 150 valence electrons. The number of hydrogen-bond donors (Lipinski definition) is 2. The fraction of sp³-hybridized carbons (Fsp3) is 0.429. The van der Waals surface area contributed by atoms with Crippen molar-refractivity contribution in [2.24, 2.45) is 11.8 Å². The Bertz CT molecular complexity index is 841. The fourth-order valence-electron chi connectivity index (χ4n) is 4.31. The molecular weight excluding hydrogens is 364 g/mol. The lowest BCUT2D eigenvalue weighted by Gasteiger charge is -2.22. The van der Waals surface area contributed by atoms with E-state index in [1.807, 2.05) is 6.07 Å². The molecule has 2 aliphatic heterocycles. The van der Waals surface area contributed by atoms with E-state index < -0.39 is 0 Å². The van der Waals surface area contributed by atoms with Crippen LogP contribution in [0.15, 0.2) is 30.3 Å². The average Bonchev–Trinajstić information content (AvgIpc) is 3.29. The first-order valence-corrected chi connectivity index (χ1v) is 9.12. The van der Waals surface area contributed by atoms with Gasteiger partial charge < -0.3 is 33.9 Å². The molecule has 4 rings (SSSR count). The van der Waals surface area contributed by atoms with Gasteiger partial charge in [0.25, 0.3) is 0 Å². The summed E-state index contributed by atoms with van der Waals surface area (Å²) in [5, 5.41) is 19.7. The molecule has 0 amide bonds. The highest BCUT2D eigenvalue weighted by atomic mass is 16.5.